The third-order valence-corrected chi connectivity index (χ3v) is 4.01. The molecular formula is C12H11BrN2O3S. The topological polar surface area (TPSA) is 82.3 Å². The lowest BCUT2D eigenvalue weighted by Gasteiger charge is -2.10. The molecule has 1 aromatic carbocycles. The van der Waals surface area contributed by atoms with E-state index in [1.54, 1.807) is 18.3 Å². The van der Waals surface area contributed by atoms with Crippen molar-refractivity contribution in [2.45, 2.75) is 4.90 Å². The van der Waals surface area contributed by atoms with Crippen LogP contribution in [0.4, 0.5) is 5.69 Å². The van der Waals surface area contributed by atoms with E-state index in [-0.39, 0.29) is 4.90 Å². The van der Waals surface area contributed by atoms with Crippen LogP contribution in [0.3, 0.4) is 0 Å². The van der Waals surface area contributed by atoms with Gasteiger partial charge >= 0.3 is 0 Å². The number of benzene rings is 1. The zero-order chi connectivity index (χ0) is 14.0. The number of anilines is 1. The summed E-state index contributed by atoms with van der Waals surface area (Å²) in [7, 11) is -3.27. The van der Waals surface area contributed by atoms with Crippen molar-refractivity contribution in [3.05, 3.63) is 41.1 Å². The van der Waals surface area contributed by atoms with Crippen LogP contribution in [0, 0.1) is 0 Å². The Morgan fingerprint density at radius 1 is 1.32 bits per heavy atom. The van der Waals surface area contributed by atoms with Crippen LogP contribution in [-0.4, -0.2) is 19.7 Å². The minimum Gasteiger partial charge on any atom is -0.454 e. The summed E-state index contributed by atoms with van der Waals surface area (Å²) >= 11 is 3.28. The quantitative estimate of drug-likeness (QED) is 0.926. The zero-order valence-corrected chi connectivity index (χ0v) is 12.4. The van der Waals surface area contributed by atoms with Gasteiger partial charge in [0.25, 0.3) is 0 Å². The molecule has 0 aliphatic heterocycles. The molecular weight excluding hydrogens is 332 g/mol. The van der Waals surface area contributed by atoms with Gasteiger partial charge in [0.1, 0.15) is 5.75 Å². The molecule has 0 aliphatic rings. The summed E-state index contributed by atoms with van der Waals surface area (Å²) in [6.45, 7) is 0. The number of pyridine rings is 1. The van der Waals surface area contributed by atoms with Crippen molar-refractivity contribution >= 4 is 31.5 Å². The molecule has 5 nitrogen and oxygen atoms in total. The molecule has 2 aromatic rings. The van der Waals surface area contributed by atoms with Crippen LogP contribution in [0.5, 0.6) is 11.5 Å². The molecule has 100 valence electrons. The first kappa shape index (κ1) is 13.8. The van der Waals surface area contributed by atoms with Crippen molar-refractivity contribution in [3.8, 4) is 11.5 Å². The van der Waals surface area contributed by atoms with Gasteiger partial charge in [-0.3, -0.25) is 4.98 Å². The Bertz CT molecular complexity index is 696. The summed E-state index contributed by atoms with van der Waals surface area (Å²) in [5.41, 5.74) is 6.12. The van der Waals surface area contributed by atoms with E-state index >= 15 is 0 Å². The largest absolute Gasteiger partial charge is 0.454 e. The second-order valence-corrected chi connectivity index (χ2v) is 6.76. The molecule has 0 aliphatic carbocycles. The second kappa shape index (κ2) is 5.18. The monoisotopic (exact) mass is 342 g/mol. The molecule has 0 amide bonds. The molecule has 19 heavy (non-hydrogen) atoms. The molecule has 1 heterocycles. The molecule has 0 fully saturated rings. The maximum absolute atomic E-state index is 11.5. The first-order valence-electron chi connectivity index (χ1n) is 5.25. The van der Waals surface area contributed by atoms with E-state index in [2.05, 4.69) is 20.9 Å². The van der Waals surface area contributed by atoms with Crippen molar-refractivity contribution in [2.24, 2.45) is 0 Å². The van der Waals surface area contributed by atoms with Crippen molar-refractivity contribution in [1.82, 2.24) is 4.98 Å². The summed E-state index contributed by atoms with van der Waals surface area (Å²) < 4.78 is 29.1. The van der Waals surface area contributed by atoms with Crippen LogP contribution in [0.15, 0.2) is 46.0 Å². The second-order valence-electron chi connectivity index (χ2n) is 3.89. The van der Waals surface area contributed by atoms with E-state index in [9.17, 15) is 8.42 Å². The summed E-state index contributed by atoms with van der Waals surface area (Å²) in [6, 6.07) is 6.22. The molecule has 0 spiro atoms. The van der Waals surface area contributed by atoms with Gasteiger partial charge in [0.2, 0.25) is 0 Å². The molecule has 0 atom stereocenters. The van der Waals surface area contributed by atoms with E-state index in [1.807, 2.05) is 0 Å². The molecule has 0 radical (unpaired) electrons. The molecule has 2 rings (SSSR count). The Morgan fingerprint density at radius 3 is 2.68 bits per heavy atom. The maximum atomic E-state index is 11.5. The number of hydrogen-bond donors (Lipinski definition) is 1. The van der Waals surface area contributed by atoms with E-state index in [4.69, 9.17) is 10.5 Å². The van der Waals surface area contributed by atoms with E-state index in [1.165, 1.54) is 18.3 Å². The lowest BCUT2D eigenvalue weighted by molar-refractivity contribution is 0.479. The van der Waals surface area contributed by atoms with E-state index in [0.717, 1.165) is 6.26 Å². The van der Waals surface area contributed by atoms with Gasteiger partial charge in [0.15, 0.2) is 15.6 Å². The number of halogens is 1. The van der Waals surface area contributed by atoms with Crippen molar-refractivity contribution in [2.75, 3.05) is 12.0 Å². The van der Waals surface area contributed by atoms with Gasteiger partial charge in [-0.2, -0.15) is 0 Å². The number of sulfone groups is 1. The first-order valence-corrected chi connectivity index (χ1v) is 7.93. The smallest absolute Gasteiger partial charge is 0.175 e. The van der Waals surface area contributed by atoms with Gasteiger partial charge < -0.3 is 10.5 Å². The van der Waals surface area contributed by atoms with Crippen LogP contribution in [0.1, 0.15) is 0 Å². The Kier molecular flexibility index (Phi) is 3.77. The average molecular weight is 343 g/mol. The number of nitrogens with zero attached hydrogens (tertiary/aromatic N) is 1. The summed E-state index contributed by atoms with van der Waals surface area (Å²) in [6.07, 6.45) is 4.15. The fourth-order valence-corrected chi connectivity index (χ4v) is 2.52. The minimum absolute atomic E-state index is 0.189. The fourth-order valence-electron chi connectivity index (χ4n) is 1.43. The molecule has 0 saturated heterocycles. The number of nitrogens with two attached hydrogens (primary N) is 1. The van der Waals surface area contributed by atoms with Gasteiger partial charge in [-0.15, -0.1) is 0 Å². The van der Waals surface area contributed by atoms with Crippen molar-refractivity contribution in [3.63, 3.8) is 0 Å². The highest BCUT2D eigenvalue weighted by Crippen LogP contribution is 2.34. The molecule has 7 heteroatoms. The maximum Gasteiger partial charge on any atom is 0.175 e. The lowest BCUT2D eigenvalue weighted by Crippen LogP contribution is -1.98. The van der Waals surface area contributed by atoms with Gasteiger partial charge in [0.05, 0.1) is 21.3 Å². The molecule has 1 aromatic heterocycles. The third-order valence-electron chi connectivity index (χ3n) is 2.33. The van der Waals surface area contributed by atoms with E-state index in [0.29, 0.717) is 21.7 Å². The van der Waals surface area contributed by atoms with Crippen LogP contribution < -0.4 is 10.5 Å². The lowest BCUT2D eigenvalue weighted by atomic mass is 10.3. The normalized spacial score (nSPS) is 11.3. The number of rotatable bonds is 3. The Labute approximate surface area is 119 Å². The molecule has 0 saturated carbocycles. The van der Waals surface area contributed by atoms with Crippen LogP contribution in [0.2, 0.25) is 0 Å². The number of aromatic nitrogens is 1. The van der Waals surface area contributed by atoms with Crippen LogP contribution in [0.25, 0.3) is 0 Å². The van der Waals surface area contributed by atoms with Crippen LogP contribution in [-0.2, 0) is 9.84 Å². The summed E-state index contributed by atoms with van der Waals surface area (Å²) in [5.74, 6) is 0.794. The highest BCUT2D eigenvalue weighted by molar-refractivity contribution is 9.10. The molecule has 2 N–H and O–H groups in total. The van der Waals surface area contributed by atoms with E-state index < -0.39 is 9.84 Å². The molecule has 0 bridgehead atoms. The zero-order valence-electron chi connectivity index (χ0n) is 10.00. The Morgan fingerprint density at radius 2 is 2.05 bits per heavy atom. The van der Waals surface area contributed by atoms with Gasteiger partial charge in [-0.1, -0.05) is 6.07 Å². The minimum atomic E-state index is -3.27. The summed E-state index contributed by atoms with van der Waals surface area (Å²) in [4.78, 5) is 4.08. The summed E-state index contributed by atoms with van der Waals surface area (Å²) in [5, 5.41) is 0. The Balaban J connectivity index is 2.40. The van der Waals surface area contributed by atoms with Gasteiger partial charge in [0, 0.05) is 12.5 Å². The highest BCUT2D eigenvalue weighted by atomic mass is 79.9. The average Bonchev–Trinajstić information content (AvgIpc) is 2.33. The van der Waals surface area contributed by atoms with Crippen molar-refractivity contribution < 1.29 is 13.2 Å². The number of ether oxygens (including phenoxy) is 1. The van der Waals surface area contributed by atoms with Gasteiger partial charge in [-0.05, 0) is 34.1 Å². The highest BCUT2D eigenvalue weighted by Gasteiger charge is 2.11. The Hall–Kier alpha value is -1.60. The fraction of sp³-hybridized carbons (Fsp3) is 0.0833. The number of nitrogen functional groups attached to an aromatic ring is 1. The van der Waals surface area contributed by atoms with Gasteiger partial charge in [-0.25, -0.2) is 8.42 Å². The standard InChI is InChI=1S/C12H11BrN2O3S/c1-19(16,17)9-4-2-3-8(5-9)18-12-10(13)6-15-7-11(12)14/h2-7H,14H2,1H3. The predicted octanol–water partition coefficient (Wildman–Crippen LogP) is 2.62. The number of hydrogen-bond acceptors (Lipinski definition) is 5. The SMILES string of the molecule is CS(=O)(=O)c1cccc(Oc2c(N)cncc2Br)c1. The molecule has 0 unspecified atom stereocenters. The first-order chi connectivity index (χ1) is 8.88. The predicted molar refractivity (Wildman–Crippen MR) is 76.0 cm³/mol. The van der Waals surface area contributed by atoms with Crippen molar-refractivity contribution in [1.29, 1.82) is 0 Å². The van der Waals surface area contributed by atoms with Crippen LogP contribution >= 0.6 is 15.9 Å². The third kappa shape index (κ3) is 3.24.